The van der Waals surface area contributed by atoms with Gasteiger partial charge in [0.2, 0.25) is 0 Å². The molecule has 3 rings (SSSR count). The Kier molecular flexibility index (Phi) is 3.15. The lowest BCUT2D eigenvalue weighted by Gasteiger charge is -2.21. The molecule has 0 saturated carbocycles. The van der Waals surface area contributed by atoms with Crippen molar-refractivity contribution >= 4 is 20.4 Å². The van der Waals surface area contributed by atoms with E-state index in [0.29, 0.717) is 5.54 Å². The molecular formula is C18H20Si. The lowest BCUT2D eigenvalue weighted by molar-refractivity contribution is 1.20. The van der Waals surface area contributed by atoms with Crippen LogP contribution in [0.25, 0.3) is 11.6 Å². The van der Waals surface area contributed by atoms with Crippen LogP contribution in [0.3, 0.4) is 0 Å². The van der Waals surface area contributed by atoms with Crippen LogP contribution in [0.15, 0.2) is 48.5 Å². The van der Waals surface area contributed by atoms with Crippen LogP contribution in [0.4, 0.5) is 0 Å². The summed E-state index contributed by atoms with van der Waals surface area (Å²) in [5, 5.41) is 0. The van der Waals surface area contributed by atoms with Gasteiger partial charge < -0.3 is 0 Å². The smallest absolute Gasteiger partial charge is 0.0444 e. The van der Waals surface area contributed by atoms with Crippen molar-refractivity contribution in [3.8, 4) is 0 Å². The van der Waals surface area contributed by atoms with E-state index in [2.05, 4.69) is 74.6 Å². The van der Waals surface area contributed by atoms with Crippen LogP contribution >= 0.6 is 0 Å². The van der Waals surface area contributed by atoms with Crippen molar-refractivity contribution in [1.29, 1.82) is 0 Å². The largest absolute Gasteiger partial charge is 0.0714 e. The van der Waals surface area contributed by atoms with E-state index in [9.17, 15) is 0 Å². The van der Waals surface area contributed by atoms with E-state index in [1.807, 2.05) is 0 Å². The van der Waals surface area contributed by atoms with Crippen LogP contribution in [0.5, 0.6) is 0 Å². The van der Waals surface area contributed by atoms with Crippen molar-refractivity contribution in [2.24, 2.45) is 0 Å². The van der Waals surface area contributed by atoms with E-state index >= 15 is 0 Å². The maximum Gasteiger partial charge on any atom is 0.0444 e. The molecule has 0 spiro atoms. The van der Waals surface area contributed by atoms with Crippen molar-refractivity contribution in [1.82, 2.24) is 0 Å². The second-order valence-corrected chi connectivity index (χ2v) is 8.92. The predicted octanol–water partition coefficient (Wildman–Crippen LogP) is 4.66. The van der Waals surface area contributed by atoms with Crippen molar-refractivity contribution in [3.05, 3.63) is 70.8 Å². The first-order valence-electron chi connectivity index (χ1n) is 7.05. The molecule has 0 amide bonds. The van der Waals surface area contributed by atoms with E-state index in [1.165, 1.54) is 16.7 Å². The van der Waals surface area contributed by atoms with Gasteiger partial charge in [-0.3, -0.25) is 0 Å². The second kappa shape index (κ2) is 4.82. The lowest BCUT2D eigenvalue weighted by Crippen LogP contribution is -2.16. The monoisotopic (exact) mass is 264 g/mol. The van der Waals surface area contributed by atoms with E-state index in [0.717, 1.165) is 0 Å². The van der Waals surface area contributed by atoms with E-state index in [1.54, 1.807) is 11.1 Å². The van der Waals surface area contributed by atoms with Gasteiger partial charge in [-0.2, -0.15) is 0 Å². The summed E-state index contributed by atoms with van der Waals surface area (Å²) in [6.07, 6.45) is 2.41. The third kappa shape index (κ3) is 2.08. The summed E-state index contributed by atoms with van der Waals surface area (Å²) in [5.74, 6) is 0. The van der Waals surface area contributed by atoms with Crippen molar-refractivity contribution in [2.75, 3.05) is 0 Å². The minimum Gasteiger partial charge on any atom is -0.0714 e. The highest BCUT2D eigenvalue weighted by Crippen LogP contribution is 2.43. The number of hydrogen-bond donors (Lipinski definition) is 0. The Hall–Kier alpha value is -1.60. The Morgan fingerprint density at radius 3 is 2.32 bits per heavy atom. The van der Waals surface area contributed by atoms with Gasteiger partial charge in [0.15, 0.2) is 0 Å². The molecule has 0 heterocycles. The highest BCUT2D eigenvalue weighted by molar-refractivity contribution is 6.60. The molecule has 0 aromatic heterocycles. The SMILES string of the molecule is Cc1ccccc1C1=Cc2ccccc2C1[SiH](C)C. The molecule has 1 atom stereocenters. The topological polar surface area (TPSA) is 0 Å². The van der Waals surface area contributed by atoms with Gasteiger partial charge in [-0.25, -0.2) is 0 Å². The first kappa shape index (κ1) is 12.4. The van der Waals surface area contributed by atoms with Crippen molar-refractivity contribution in [2.45, 2.75) is 25.6 Å². The summed E-state index contributed by atoms with van der Waals surface area (Å²) in [4.78, 5) is 0. The average Bonchev–Trinajstić information content (AvgIpc) is 2.78. The Bertz CT molecular complexity index is 638. The van der Waals surface area contributed by atoms with Crippen LogP contribution in [-0.4, -0.2) is 8.80 Å². The van der Waals surface area contributed by atoms with Crippen molar-refractivity contribution < 1.29 is 0 Å². The maximum absolute atomic E-state index is 2.46. The molecule has 0 nitrogen and oxygen atoms in total. The molecule has 0 aliphatic heterocycles. The minimum absolute atomic E-state index is 0.664. The fraction of sp³-hybridized carbons (Fsp3) is 0.222. The third-order valence-electron chi connectivity index (χ3n) is 4.10. The molecule has 1 aliphatic carbocycles. The van der Waals surface area contributed by atoms with Gasteiger partial charge in [-0.1, -0.05) is 67.7 Å². The van der Waals surface area contributed by atoms with Gasteiger partial charge in [-0.15, -0.1) is 0 Å². The maximum atomic E-state index is 2.46. The van der Waals surface area contributed by atoms with Crippen molar-refractivity contribution in [3.63, 3.8) is 0 Å². The number of fused-ring (bicyclic) bond motifs is 1. The number of rotatable bonds is 2. The van der Waals surface area contributed by atoms with Gasteiger partial charge in [0.1, 0.15) is 0 Å². The zero-order valence-electron chi connectivity index (χ0n) is 11.9. The molecule has 96 valence electrons. The summed E-state index contributed by atoms with van der Waals surface area (Å²) in [7, 11) is -0.777. The average molecular weight is 264 g/mol. The fourth-order valence-corrected chi connectivity index (χ4v) is 5.23. The molecule has 0 fully saturated rings. The van der Waals surface area contributed by atoms with E-state index < -0.39 is 8.80 Å². The van der Waals surface area contributed by atoms with Crippen LogP contribution in [0.1, 0.15) is 27.8 Å². The standard InChI is InChI=1S/C18H20Si/c1-13-8-4-6-10-15(13)17-12-14-9-5-7-11-16(14)18(17)19(2)3/h4-12,18-19H,1-3H3. The predicted molar refractivity (Wildman–Crippen MR) is 87.1 cm³/mol. The number of allylic oxidation sites excluding steroid dienone is 1. The highest BCUT2D eigenvalue weighted by atomic mass is 28.3. The molecule has 0 bridgehead atoms. The van der Waals surface area contributed by atoms with Gasteiger partial charge in [-0.05, 0) is 34.8 Å². The first-order valence-corrected chi connectivity index (χ1v) is 10.0. The molecule has 2 aromatic rings. The number of hydrogen-bond acceptors (Lipinski definition) is 0. The molecule has 1 aliphatic rings. The molecule has 0 N–H and O–H groups in total. The molecule has 19 heavy (non-hydrogen) atoms. The zero-order valence-corrected chi connectivity index (χ0v) is 13.0. The molecule has 1 heteroatoms. The summed E-state index contributed by atoms with van der Waals surface area (Å²) >= 11 is 0. The number of benzene rings is 2. The van der Waals surface area contributed by atoms with Gasteiger partial charge in [0, 0.05) is 14.3 Å². The summed E-state index contributed by atoms with van der Waals surface area (Å²) in [6, 6.07) is 17.7. The fourth-order valence-electron chi connectivity index (χ4n) is 3.21. The minimum atomic E-state index is -0.777. The van der Waals surface area contributed by atoms with Gasteiger partial charge in [0.25, 0.3) is 0 Å². The van der Waals surface area contributed by atoms with Gasteiger partial charge in [0.05, 0.1) is 0 Å². The van der Waals surface area contributed by atoms with Gasteiger partial charge >= 0.3 is 0 Å². The first-order chi connectivity index (χ1) is 9.18. The van der Waals surface area contributed by atoms with Crippen LogP contribution < -0.4 is 0 Å². The van der Waals surface area contributed by atoms with Crippen LogP contribution in [0.2, 0.25) is 13.1 Å². The van der Waals surface area contributed by atoms with E-state index in [4.69, 9.17) is 0 Å². The highest BCUT2D eigenvalue weighted by Gasteiger charge is 2.29. The number of aryl methyl sites for hydroxylation is 1. The Morgan fingerprint density at radius 2 is 1.58 bits per heavy atom. The zero-order chi connectivity index (χ0) is 13.4. The van der Waals surface area contributed by atoms with Crippen LogP contribution in [0, 0.1) is 6.92 Å². The third-order valence-corrected chi connectivity index (χ3v) is 6.15. The molecular weight excluding hydrogens is 244 g/mol. The van der Waals surface area contributed by atoms with E-state index in [-0.39, 0.29) is 0 Å². The second-order valence-electron chi connectivity index (χ2n) is 5.77. The molecule has 2 aromatic carbocycles. The normalized spacial score (nSPS) is 17.5. The Labute approximate surface area is 117 Å². The summed E-state index contributed by atoms with van der Waals surface area (Å²) in [5.41, 5.74) is 8.00. The Balaban J connectivity index is 2.15. The molecule has 0 radical (unpaired) electrons. The van der Waals surface area contributed by atoms with Crippen LogP contribution in [-0.2, 0) is 0 Å². The lowest BCUT2D eigenvalue weighted by atomic mass is 9.98. The summed E-state index contributed by atoms with van der Waals surface area (Å²) < 4.78 is 0. The quantitative estimate of drug-likeness (QED) is 0.692. The molecule has 1 unspecified atom stereocenters. The Morgan fingerprint density at radius 1 is 0.895 bits per heavy atom. The summed E-state index contributed by atoms with van der Waals surface area (Å²) in [6.45, 7) is 7.13. The molecule has 0 saturated heterocycles.